The van der Waals surface area contributed by atoms with Crippen molar-refractivity contribution in [1.82, 2.24) is 14.8 Å². The standard InChI is InChI=1S/C20H24N4O2S/c25-18(23-10-9-14-4-1-2-6-17(14)23)13-27-20-22-21-19(15-7-8-15)24(20)12-16-5-3-11-26-16/h1-2,4,6,15-16H,3,5,7-13H2/t16-/m0/s1. The Labute approximate surface area is 163 Å². The lowest BCUT2D eigenvalue weighted by Crippen LogP contribution is -2.30. The number of carbonyl (C=O) groups is 1. The van der Waals surface area contributed by atoms with Crippen molar-refractivity contribution >= 4 is 23.4 Å². The van der Waals surface area contributed by atoms with Crippen LogP contribution in [0, 0.1) is 0 Å². The number of fused-ring (bicyclic) bond motifs is 1. The first-order valence-corrected chi connectivity index (χ1v) is 10.8. The maximum atomic E-state index is 12.8. The third kappa shape index (κ3) is 3.50. The Hall–Kier alpha value is -1.86. The van der Waals surface area contributed by atoms with Gasteiger partial charge in [-0.25, -0.2) is 0 Å². The predicted molar refractivity (Wildman–Crippen MR) is 104 cm³/mol. The minimum atomic E-state index is 0.143. The first kappa shape index (κ1) is 17.3. The lowest BCUT2D eigenvalue weighted by molar-refractivity contribution is -0.116. The topological polar surface area (TPSA) is 60.3 Å². The summed E-state index contributed by atoms with van der Waals surface area (Å²) in [6, 6.07) is 8.18. The molecular weight excluding hydrogens is 360 g/mol. The third-order valence-electron chi connectivity index (χ3n) is 5.61. The molecule has 2 fully saturated rings. The van der Waals surface area contributed by atoms with Crippen molar-refractivity contribution in [2.24, 2.45) is 0 Å². The van der Waals surface area contributed by atoms with E-state index in [1.807, 2.05) is 23.1 Å². The summed E-state index contributed by atoms with van der Waals surface area (Å²) in [4.78, 5) is 14.7. The maximum absolute atomic E-state index is 12.8. The van der Waals surface area contributed by atoms with Gasteiger partial charge in [0.15, 0.2) is 5.16 Å². The van der Waals surface area contributed by atoms with Crippen LogP contribution in [0.15, 0.2) is 29.4 Å². The van der Waals surface area contributed by atoms with Gasteiger partial charge in [0.25, 0.3) is 0 Å². The fourth-order valence-electron chi connectivity index (χ4n) is 4.02. The number of benzene rings is 1. The summed E-state index contributed by atoms with van der Waals surface area (Å²) in [5.74, 6) is 2.15. The second-order valence-electron chi connectivity index (χ2n) is 7.57. The van der Waals surface area contributed by atoms with Gasteiger partial charge in [0, 0.05) is 24.8 Å². The number of para-hydroxylation sites is 1. The lowest BCUT2D eigenvalue weighted by Gasteiger charge is -2.17. The van der Waals surface area contributed by atoms with E-state index in [0.29, 0.717) is 11.7 Å². The highest BCUT2D eigenvalue weighted by Gasteiger charge is 2.32. The molecule has 7 heteroatoms. The lowest BCUT2D eigenvalue weighted by atomic mass is 10.2. The molecule has 2 aromatic rings. The largest absolute Gasteiger partial charge is 0.376 e. The second kappa shape index (κ2) is 7.28. The summed E-state index contributed by atoms with van der Waals surface area (Å²) >= 11 is 1.51. The minimum absolute atomic E-state index is 0.143. The van der Waals surface area contributed by atoms with Gasteiger partial charge in [-0.15, -0.1) is 10.2 Å². The Morgan fingerprint density at radius 3 is 2.93 bits per heavy atom. The van der Waals surface area contributed by atoms with Crippen LogP contribution in [0.25, 0.3) is 0 Å². The molecule has 1 saturated heterocycles. The molecule has 6 nitrogen and oxygen atoms in total. The van der Waals surface area contributed by atoms with Gasteiger partial charge in [-0.3, -0.25) is 4.79 Å². The van der Waals surface area contributed by atoms with Gasteiger partial charge in [0.1, 0.15) is 5.82 Å². The summed E-state index contributed by atoms with van der Waals surface area (Å²) in [6.45, 7) is 2.43. The van der Waals surface area contributed by atoms with E-state index in [1.165, 1.54) is 30.2 Å². The number of rotatable bonds is 6. The monoisotopic (exact) mass is 384 g/mol. The molecule has 1 atom stereocenters. The molecule has 2 aliphatic heterocycles. The van der Waals surface area contributed by atoms with Gasteiger partial charge in [-0.2, -0.15) is 0 Å². The van der Waals surface area contributed by atoms with Gasteiger partial charge in [-0.1, -0.05) is 30.0 Å². The molecule has 27 heavy (non-hydrogen) atoms. The molecule has 0 unspecified atom stereocenters. The number of hydrogen-bond donors (Lipinski definition) is 0. The fraction of sp³-hybridized carbons (Fsp3) is 0.550. The SMILES string of the molecule is O=C(CSc1nnc(C2CC2)n1C[C@@H]1CCCO1)N1CCc2ccccc21. The summed E-state index contributed by atoms with van der Waals surface area (Å²) in [7, 11) is 0. The van der Waals surface area contributed by atoms with Crippen LogP contribution in [0.1, 0.15) is 43.0 Å². The number of thioether (sulfide) groups is 1. The van der Waals surface area contributed by atoms with E-state index in [4.69, 9.17) is 4.74 Å². The molecule has 0 bridgehead atoms. The molecule has 0 spiro atoms. The minimum Gasteiger partial charge on any atom is -0.376 e. The van der Waals surface area contributed by atoms with Crippen LogP contribution < -0.4 is 4.90 Å². The molecule has 1 aliphatic carbocycles. The van der Waals surface area contributed by atoms with E-state index in [-0.39, 0.29) is 12.0 Å². The van der Waals surface area contributed by atoms with E-state index in [1.54, 1.807) is 0 Å². The molecule has 0 N–H and O–H groups in total. The third-order valence-corrected chi connectivity index (χ3v) is 6.56. The quantitative estimate of drug-likeness (QED) is 0.717. The van der Waals surface area contributed by atoms with E-state index in [2.05, 4.69) is 20.8 Å². The molecule has 5 rings (SSSR count). The van der Waals surface area contributed by atoms with Crippen molar-refractivity contribution < 1.29 is 9.53 Å². The second-order valence-corrected chi connectivity index (χ2v) is 8.52. The fourth-order valence-corrected chi connectivity index (χ4v) is 4.85. The van der Waals surface area contributed by atoms with E-state index >= 15 is 0 Å². The van der Waals surface area contributed by atoms with Crippen molar-refractivity contribution in [2.45, 2.75) is 55.8 Å². The summed E-state index contributed by atoms with van der Waals surface area (Å²) in [6.07, 6.45) is 5.79. The molecule has 3 heterocycles. The van der Waals surface area contributed by atoms with Crippen LogP contribution in [0.5, 0.6) is 0 Å². The zero-order valence-electron chi connectivity index (χ0n) is 15.3. The molecule has 1 saturated carbocycles. The Morgan fingerprint density at radius 1 is 1.22 bits per heavy atom. The van der Waals surface area contributed by atoms with Gasteiger partial charge >= 0.3 is 0 Å². The van der Waals surface area contributed by atoms with Crippen molar-refractivity contribution in [3.63, 3.8) is 0 Å². The number of anilines is 1. The molecule has 1 aromatic heterocycles. The normalized spacial score (nSPS) is 21.6. The van der Waals surface area contributed by atoms with Gasteiger partial charge < -0.3 is 14.2 Å². The van der Waals surface area contributed by atoms with Crippen molar-refractivity contribution in [1.29, 1.82) is 0 Å². The molecular formula is C20H24N4O2S. The molecule has 0 radical (unpaired) electrons. The van der Waals surface area contributed by atoms with E-state index in [0.717, 1.165) is 55.6 Å². The van der Waals surface area contributed by atoms with Crippen molar-refractivity contribution in [2.75, 3.05) is 23.8 Å². The van der Waals surface area contributed by atoms with Crippen LogP contribution in [-0.2, 0) is 22.5 Å². The number of aromatic nitrogens is 3. The molecule has 1 amide bonds. The average Bonchev–Trinajstić information content (AvgIpc) is 3.10. The number of carbonyl (C=O) groups excluding carboxylic acids is 1. The van der Waals surface area contributed by atoms with Crippen LogP contribution >= 0.6 is 11.8 Å². The average molecular weight is 385 g/mol. The first-order chi connectivity index (χ1) is 13.3. The van der Waals surface area contributed by atoms with Gasteiger partial charge in [0.2, 0.25) is 5.91 Å². The molecule has 142 valence electrons. The summed E-state index contributed by atoms with van der Waals surface area (Å²) in [5, 5.41) is 9.71. The van der Waals surface area contributed by atoms with Crippen LogP contribution in [-0.4, -0.2) is 45.7 Å². The number of nitrogens with zero attached hydrogens (tertiary/aromatic N) is 4. The maximum Gasteiger partial charge on any atom is 0.237 e. The Bertz CT molecular complexity index is 842. The van der Waals surface area contributed by atoms with E-state index < -0.39 is 0 Å². The summed E-state index contributed by atoms with van der Waals surface area (Å²) < 4.78 is 8.03. The Kier molecular flexibility index (Phi) is 4.65. The highest BCUT2D eigenvalue weighted by atomic mass is 32.2. The highest BCUT2D eigenvalue weighted by molar-refractivity contribution is 7.99. The van der Waals surface area contributed by atoms with Gasteiger partial charge in [-0.05, 0) is 43.7 Å². The van der Waals surface area contributed by atoms with Crippen LogP contribution in [0.3, 0.4) is 0 Å². The smallest absolute Gasteiger partial charge is 0.237 e. The first-order valence-electron chi connectivity index (χ1n) is 9.85. The zero-order valence-corrected chi connectivity index (χ0v) is 16.2. The number of amides is 1. The number of ether oxygens (including phenoxy) is 1. The molecule has 3 aliphatic rings. The van der Waals surface area contributed by atoms with Crippen molar-refractivity contribution in [3.8, 4) is 0 Å². The van der Waals surface area contributed by atoms with Crippen LogP contribution in [0.4, 0.5) is 5.69 Å². The van der Waals surface area contributed by atoms with Gasteiger partial charge in [0.05, 0.1) is 18.4 Å². The zero-order chi connectivity index (χ0) is 18.2. The molecule has 1 aromatic carbocycles. The Morgan fingerprint density at radius 2 is 2.11 bits per heavy atom. The Balaban J connectivity index is 1.29. The highest BCUT2D eigenvalue weighted by Crippen LogP contribution is 2.40. The predicted octanol–water partition coefficient (Wildman–Crippen LogP) is 3.02. The van der Waals surface area contributed by atoms with Crippen molar-refractivity contribution in [3.05, 3.63) is 35.7 Å². The van der Waals surface area contributed by atoms with E-state index in [9.17, 15) is 4.79 Å². The number of hydrogen-bond acceptors (Lipinski definition) is 5. The van der Waals surface area contributed by atoms with Crippen LogP contribution in [0.2, 0.25) is 0 Å². The summed E-state index contributed by atoms with van der Waals surface area (Å²) in [5.41, 5.74) is 2.32.